The summed E-state index contributed by atoms with van der Waals surface area (Å²) in [6.07, 6.45) is 6.81. The number of hydrogen-bond acceptors (Lipinski definition) is 3. The van der Waals surface area contributed by atoms with Crippen LogP contribution in [0.3, 0.4) is 0 Å². The summed E-state index contributed by atoms with van der Waals surface area (Å²) in [7, 11) is 1.50. The summed E-state index contributed by atoms with van der Waals surface area (Å²) in [4.78, 5) is 30.4. The number of carbonyl (C=O) groups is 2. The van der Waals surface area contributed by atoms with Gasteiger partial charge >= 0.3 is 12.0 Å². The number of fused-ring (bicyclic) bond motifs is 1. The Morgan fingerprint density at radius 2 is 1.83 bits per heavy atom. The lowest BCUT2D eigenvalue weighted by molar-refractivity contribution is -0.174. The van der Waals surface area contributed by atoms with E-state index in [1.165, 1.54) is 19.2 Å². The van der Waals surface area contributed by atoms with Crippen LogP contribution >= 0.6 is 0 Å². The standard InChI is InChI=1S/C24H29FN2O3/c1-30-21(28)23-11-15-9-16(12-23)20(17(10-15)13-23)26-14-24(7-2-8-27(24)22(26)29)18-3-5-19(25)6-4-18/h3-6,15-17,20H,2,7-14H2,1H3. The van der Waals surface area contributed by atoms with Crippen LogP contribution in [-0.4, -0.2) is 48.0 Å². The van der Waals surface area contributed by atoms with Crippen LogP contribution < -0.4 is 0 Å². The van der Waals surface area contributed by atoms with Crippen molar-refractivity contribution in [3.63, 3.8) is 0 Å². The van der Waals surface area contributed by atoms with Crippen molar-refractivity contribution in [2.75, 3.05) is 20.2 Å². The Morgan fingerprint density at radius 1 is 1.13 bits per heavy atom. The zero-order valence-corrected chi connectivity index (χ0v) is 17.5. The van der Waals surface area contributed by atoms with E-state index in [0.717, 1.165) is 57.1 Å². The first-order chi connectivity index (χ1) is 14.5. The van der Waals surface area contributed by atoms with E-state index < -0.39 is 0 Å². The number of nitrogens with zero attached hydrogens (tertiary/aromatic N) is 2. The van der Waals surface area contributed by atoms with E-state index in [-0.39, 0.29) is 34.8 Å². The fraction of sp³-hybridized carbons (Fsp3) is 0.667. The van der Waals surface area contributed by atoms with E-state index in [4.69, 9.17) is 4.74 Å². The second-order valence-corrected chi connectivity index (χ2v) is 10.4. The van der Waals surface area contributed by atoms with Gasteiger partial charge in [0.2, 0.25) is 0 Å². The van der Waals surface area contributed by atoms with Gasteiger partial charge in [-0.1, -0.05) is 12.1 Å². The Labute approximate surface area is 176 Å². The second-order valence-electron chi connectivity index (χ2n) is 10.4. The number of hydrogen-bond donors (Lipinski definition) is 0. The molecule has 2 aliphatic heterocycles. The molecule has 4 bridgehead atoms. The zero-order valence-electron chi connectivity index (χ0n) is 17.5. The molecule has 2 heterocycles. The van der Waals surface area contributed by atoms with Crippen LogP contribution in [0.25, 0.3) is 0 Å². The van der Waals surface area contributed by atoms with Gasteiger partial charge in [0.05, 0.1) is 24.6 Å². The van der Waals surface area contributed by atoms with Crippen molar-refractivity contribution in [3.8, 4) is 0 Å². The molecule has 7 rings (SSSR count). The SMILES string of the molecule is COC(=O)C12CC3CC(C1)C(N1CC4(c5ccc(F)cc5)CCCN4C1=O)C(C3)C2. The number of benzene rings is 1. The van der Waals surface area contributed by atoms with Gasteiger partial charge < -0.3 is 14.5 Å². The van der Waals surface area contributed by atoms with Crippen LogP contribution in [0.5, 0.6) is 0 Å². The third-order valence-electron chi connectivity index (χ3n) is 8.98. The fourth-order valence-electron chi connectivity index (χ4n) is 8.18. The van der Waals surface area contributed by atoms with Gasteiger partial charge in [0.15, 0.2) is 0 Å². The molecule has 2 saturated heterocycles. The molecule has 6 fully saturated rings. The van der Waals surface area contributed by atoms with Crippen LogP contribution in [-0.2, 0) is 15.1 Å². The number of rotatable bonds is 3. The fourth-order valence-corrected chi connectivity index (χ4v) is 8.18. The van der Waals surface area contributed by atoms with Gasteiger partial charge in [-0.3, -0.25) is 4.79 Å². The normalized spacial score (nSPS) is 41.5. The highest BCUT2D eigenvalue weighted by atomic mass is 19.1. The Morgan fingerprint density at radius 3 is 2.50 bits per heavy atom. The lowest BCUT2D eigenvalue weighted by atomic mass is 9.47. The quantitative estimate of drug-likeness (QED) is 0.707. The summed E-state index contributed by atoms with van der Waals surface area (Å²) in [5.74, 6) is 1.06. The molecular weight excluding hydrogens is 383 g/mol. The summed E-state index contributed by atoms with van der Waals surface area (Å²) in [5, 5.41) is 0. The van der Waals surface area contributed by atoms with Gasteiger partial charge in [0, 0.05) is 12.6 Å². The highest BCUT2D eigenvalue weighted by Crippen LogP contribution is 2.62. The first kappa shape index (κ1) is 18.6. The van der Waals surface area contributed by atoms with Crippen molar-refractivity contribution < 1.29 is 18.7 Å². The molecule has 3 unspecified atom stereocenters. The minimum atomic E-state index is -0.334. The number of methoxy groups -OCH3 is 1. The first-order valence-electron chi connectivity index (χ1n) is 11.4. The number of esters is 1. The minimum Gasteiger partial charge on any atom is -0.469 e. The smallest absolute Gasteiger partial charge is 0.321 e. The molecule has 5 nitrogen and oxygen atoms in total. The van der Waals surface area contributed by atoms with Crippen molar-refractivity contribution in [3.05, 3.63) is 35.6 Å². The minimum absolute atomic E-state index is 0.0449. The van der Waals surface area contributed by atoms with Gasteiger partial charge in [-0.05, 0) is 80.4 Å². The summed E-state index contributed by atoms with van der Waals surface area (Å²) in [5.41, 5.74) is 0.390. The Bertz CT molecular complexity index is 886. The largest absolute Gasteiger partial charge is 0.469 e. The van der Waals surface area contributed by atoms with Crippen molar-refractivity contribution in [1.82, 2.24) is 9.80 Å². The van der Waals surface area contributed by atoms with Crippen LogP contribution in [0, 0.1) is 29.0 Å². The zero-order chi connectivity index (χ0) is 20.7. The molecule has 6 aliphatic rings. The van der Waals surface area contributed by atoms with Crippen LogP contribution in [0.1, 0.15) is 50.5 Å². The Hall–Kier alpha value is -2.11. The Balaban J connectivity index is 1.33. The molecule has 30 heavy (non-hydrogen) atoms. The molecule has 3 atom stereocenters. The van der Waals surface area contributed by atoms with E-state index in [1.54, 1.807) is 0 Å². The van der Waals surface area contributed by atoms with Gasteiger partial charge in [0.25, 0.3) is 0 Å². The van der Waals surface area contributed by atoms with E-state index in [9.17, 15) is 14.0 Å². The molecule has 2 amide bonds. The van der Waals surface area contributed by atoms with Crippen molar-refractivity contribution >= 4 is 12.0 Å². The summed E-state index contributed by atoms with van der Waals surface area (Å²) >= 11 is 0. The molecule has 4 saturated carbocycles. The molecule has 6 heteroatoms. The third-order valence-corrected chi connectivity index (χ3v) is 8.98. The van der Waals surface area contributed by atoms with E-state index in [0.29, 0.717) is 24.3 Å². The molecule has 1 aromatic carbocycles. The van der Waals surface area contributed by atoms with Crippen LogP contribution in [0.2, 0.25) is 0 Å². The highest BCUT2D eigenvalue weighted by Gasteiger charge is 2.63. The number of amides is 2. The topological polar surface area (TPSA) is 49.9 Å². The number of carbonyl (C=O) groups excluding carboxylic acids is 2. The van der Waals surface area contributed by atoms with Crippen LogP contribution in [0.4, 0.5) is 9.18 Å². The maximum absolute atomic E-state index is 13.6. The van der Waals surface area contributed by atoms with E-state index in [1.807, 2.05) is 17.0 Å². The monoisotopic (exact) mass is 412 g/mol. The average Bonchev–Trinajstić information content (AvgIpc) is 3.26. The number of ether oxygens (including phenoxy) is 1. The molecule has 0 aromatic heterocycles. The first-order valence-corrected chi connectivity index (χ1v) is 11.4. The molecule has 0 radical (unpaired) electrons. The van der Waals surface area contributed by atoms with E-state index in [2.05, 4.69) is 4.90 Å². The predicted molar refractivity (Wildman–Crippen MR) is 108 cm³/mol. The maximum atomic E-state index is 13.6. The molecule has 4 aliphatic carbocycles. The van der Waals surface area contributed by atoms with E-state index >= 15 is 0 Å². The predicted octanol–water partition coefficient (Wildman–Crippen LogP) is 3.92. The average molecular weight is 413 g/mol. The molecular formula is C24H29FN2O3. The van der Waals surface area contributed by atoms with Crippen molar-refractivity contribution in [2.45, 2.75) is 56.5 Å². The summed E-state index contributed by atoms with van der Waals surface area (Å²) in [6, 6.07) is 7.09. The third kappa shape index (κ3) is 2.33. The Kier molecular flexibility index (Phi) is 3.86. The summed E-state index contributed by atoms with van der Waals surface area (Å²) in [6.45, 7) is 1.45. The van der Waals surface area contributed by atoms with Crippen molar-refractivity contribution in [1.29, 1.82) is 0 Å². The lowest BCUT2D eigenvalue weighted by Crippen LogP contribution is -2.61. The van der Waals surface area contributed by atoms with Gasteiger partial charge in [0.1, 0.15) is 5.82 Å². The van der Waals surface area contributed by atoms with Gasteiger partial charge in [-0.15, -0.1) is 0 Å². The number of halogens is 1. The van der Waals surface area contributed by atoms with Gasteiger partial charge in [-0.2, -0.15) is 0 Å². The molecule has 0 N–H and O–H groups in total. The van der Waals surface area contributed by atoms with Crippen molar-refractivity contribution in [2.24, 2.45) is 23.2 Å². The number of urea groups is 1. The maximum Gasteiger partial charge on any atom is 0.321 e. The molecule has 160 valence electrons. The summed E-state index contributed by atoms with van der Waals surface area (Å²) < 4.78 is 18.8. The van der Waals surface area contributed by atoms with Crippen LogP contribution in [0.15, 0.2) is 24.3 Å². The lowest BCUT2D eigenvalue weighted by Gasteiger charge is -2.60. The van der Waals surface area contributed by atoms with Gasteiger partial charge in [-0.25, -0.2) is 9.18 Å². The molecule has 0 spiro atoms. The molecule has 1 aromatic rings. The highest BCUT2D eigenvalue weighted by molar-refractivity contribution is 5.80. The second kappa shape index (κ2) is 6.21.